The Kier molecular flexibility index (Phi) is 4.05. The minimum absolute atomic E-state index is 0.245. The Morgan fingerprint density at radius 2 is 1.96 bits per heavy atom. The summed E-state index contributed by atoms with van der Waals surface area (Å²) in [5.41, 5.74) is 3.35. The lowest BCUT2D eigenvalue weighted by atomic mass is 10.1. The second-order valence-electron chi connectivity index (χ2n) is 6.18. The number of hydrogen-bond acceptors (Lipinski definition) is 4. The summed E-state index contributed by atoms with van der Waals surface area (Å²) < 4.78 is 11.0. The van der Waals surface area contributed by atoms with E-state index in [0.717, 1.165) is 33.2 Å². The first-order valence-corrected chi connectivity index (χ1v) is 8.35. The second-order valence-corrected chi connectivity index (χ2v) is 6.18. The molecule has 4 aromatic rings. The van der Waals surface area contributed by atoms with Crippen LogP contribution < -0.4 is 10.1 Å². The molecule has 0 saturated heterocycles. The van der Waals surface area contributed by atoms with E-state index in [1.165, 1.54) is 0 Å². The number of ether oxygens (including phenoxy) is 1. The van der Waals surface area contributed by atoms with E-state index in [0.29, 0.717) is 12.3 Å². The van der Waals surface area contributed by atoms with Crippen molar-refractivity contribution in [2.75, 3.05) is 7.11 Å². The van der Waals surface area contributed by atoms with Crippen LogP contribution in [-0.4, -0.2) is 18.0 Å². The average molecular weight is 346 g/mol. The molecule has 1 N–H and O–H groups in total. The molecule has 0 aliphatic heterocycles. The van der Waals surface area contributed by atoms with Gasteiger partial charge in [-0.2, -0.15) is 0 Å². The Morgan fingerprint density at radius 3 is 2.81 bits per heavy atom. The van der Waals surface area contributed by atoms with Crippen molar-refractivity contribution in [3.63, 3.8) is 0 Å². The molecule has 2 heterocycles. The number of fused-ring (bicyclic) bond motifs is 2. The maximum atomic E-state index is 12.5. The highest BCUT2D eigenvalue weighted by molar-refractivity contribution is 5.98. The number of pyridine rings is 1. The van der Waals surface area contributed by atoms with Crippen molar-refractivity contribution >= 4 is 27.9 Å². The molecule has 2 aromatic heterocycles. The number of carbonyl (C=O) groups is 1. The summed E-state index contributed by atoms with van der Waals surface area (Å²) in [6.07, 6.45) is 0. The monoisotopic (exact) mass is 346 g/mol. The van der Waals surface area contributed by atoms with Gasteiger partial charge in [-0.15, -0.1) is 0 Å². The van der Waals surface area contributed by atoms with Crippen molar-refractivity contribution < 1.29 is 13.9 Å². The fraction of sp³-hybridized carbons (Fsp3) is 0.143. The fourth-order valence-electron chi connectivity index (χ4n) is 2.96. The fourth-order valence-corrected chi connectivity index (χ4v) is 2.96. The molecule has 2 aromatic carbocycles. The summed E-state index contributed by atoms with van der Waals surface area (Å²) in [5.74, 6) is 0.698. The highest BCUT2D eigenvalue weighted by Crippen LogP contribution is 2.24. The highest BCUT2D eigenvalue weighted by Gasteiger charge is 2.14. The number of rotatable bonds is 4. The van der Waals surface area contributed by atoms with Crippen LogP contribution in [0, 0.1) is 6.92 Å². The molecule has 0 aliphatic carbocycles. The van der Waals surface area contributed by atoms with Crippen LogP contribution in [0.5, 0.6) is 5.75 Å². The summed E-state index contributed by atoms with van der Waals surface area (Å²) in [4.78, 5) is 17.0. The molecular weight excluding hydrogens is 328 g/mol. The van der Waals surface area contributed by atoms with E-state index in [4.69, 9.17) is 9.15 Å². The Labute approximate surface area is 150 Å². The van der Waals surface area contributed by atoms with Gasteiger partial charge in [0.05, 0.1) is 12.6 Å². The largest absolute Gasteiger partial charge is 0.496 e. The van der Waals surface area contributed by atoms with Crippen LogP contribution in [0.4, 0.5) is 0 Å². The summed E-state index contributed by atoms with van der Waals surface area (Å²) in [6.45, 7) is 2.37. The van der Waals surface area contributed by atoms with E-state index in [1.807, 2.05) is 55.5 Å². The summed E-state index contributed by atoms with van der Waals surface area (Å²) in [5, 5.41) is 4.69. The number of aromatic nitrogens is 1. The standard InChI is InChI=1S/C21H18N2O3/c1-13-7-8-14-10-16-11-19(26-21(16)23-17(14)9-13)20(24)22-12-15-5-3-4-6-18(15)25-2/h3-11H,12H2,1-2H3,(H,22,24). The smallest absolute Gasteiger partial charge is 0.287 e. The first-order valence-electron chi connectivity index (χ1n) is 8.35. The molecule has 0 fully saturated rings. The molecule has 5 nitrogen and oxygen atoms in total. The van der Waals surface area contributed by atoms with Gasteiger partial charge in [-0.3, -0.25) is 4.79 Å². The zero-order valence-corrected chi connectivity index (χ0v) is 14.6. The molecule has 4 rings (SSSR count). The predicted molar refractivity (Wildman–Crippen MR) is 100 cm³/mol. The molecule has 26 heavy (non-hydrogen) atoms. The lowest BCUT2D eigenvalue weighted by Gasteiger charge is -2.08. The molecule has 1 amide bonds. The Hall–Kier alpha value is -3.34. The topological polar surface area (TPSA) is 64.4 Å². The van der Waals surface area contributed by atoms with Crippen LogP contribution in [0.1, 0.15) is 21.7 Å². The minimum Gasteiger partial charge on any atom is -0.496 e. The van der Waals surface area contributed by atoms with Crippen LogP contribution in [0.15, 0.2) is 59.0 Å². The van der Waals surface area contributed by atoms with E-state index >= 15 is 0 Å². The number of aryl methyl sites for hydroxylation is 1. The van der Waals surface area contributed by atoms with Gasteiger partial charge in [0.25, 0.3) is 5.91 Å². The number of methoxy groups -OCH3 is 1. The Balaban J connectivity index is 1.59. The summed E-state index contributed by atoms with van der Waals surface area (Å²) in [6, 6.07) is 17.3. The lowest BCUT2D eigenvalue weighted by molar-refractivity contribution is 0.0925. The van der Waals surface area contributed by atoms with Gasteiger partial charge < -0.3 is 14.5 Å². The highest BCUT2D eigenvalue weighted by atomic mass is 16.5. The third-order valence-corrected chi connectivity index (χ3v) is 4.31. The van der Waals surface area contributed by atoms with E-state index in [9.17, 15) is 4.79 Å². The van der Waals surface area contributed by atoms with Crippen LogP contribution in [0.2, 0.25) is 0 Å². The van der Waals surface area contributed by atoms with Crippen LogP contribution in [0.25, 0.3) is 22.0 Å². The van der Waals surface area contributed by atoms with E-state index in [2.05, 4.69) is 10.3 Å². The van der Waals surface area contributed by atoms with Crippen molar-refractivity contribution in [3.8, 4) is 5.75 Å². The number of amides is 1. The van der Waals surface area contributed by atoms with Crippen molar-refractivity contribution in [2.24, 2.45) is 0 Å². The van der Waals surface area contributed by atoms with E-state index in [-0.39, 0.29) is 11.7 Å². The lowest BCUT2D eigenvalue weighted by Crippen LogP contribution is -2.22. The van der Waals surface area contributed by atoms with Crippen molar-refractivity contribution in [1.29, 1.82) is 0 Å². The van der Waals surface area contributed by atoms with Gasteiger partial charge in [-0.25, -0.2) is 4.98 Å². The molecule has 0 aliphatic rings. The minimum atomic E-state index is -0.283. The van der Waals surface area contributed by atoms with Crippen molar-refractivity contribution in [1.82, 2.24) is 10.3 Å². The van der Waals surface area contributed by atoms with Gasteiger partial charge >= 0.3 is 0 Å². The number of hydrogen-bond donors (Lipinski definition) is 1. The number of nitrogens with zero attached hydrogens (tertiary/aromatic N) is 1. The van der Waals surface area contributed by atoms with Gasteiger partial charge in [0.2, 0.25) is 5.71 Å². The quantitative estimate of drug-likeness (QED) is 0.601. The van der Waals surface area contributed by atoms with Crippen molar-refractivity contribution in [3.05, 3.63) is 71.5 Å². The molecule has 0 bridgehead atoms. The average Bonchev–Trinajstić information content (AvgIpc) is 3.07. The van der Waals surface area contributed by atoms with Gasteiger partial charge in [0.1, 0.15) is 5.75 Å². The number of carbonyl (C=O) groups excluding carboxylic acids is 1. The number of furan rings is 1. The molecule has 0 atom stereocenters. The van der Waals surface area contributed by atoms with Gasteiger partial charge in [-0.05, 0) is 36.8 Å². The molecule has 0 unspecified atom stereocenters. The Bertz CT molecular complexity index is 1110. The summed E-state index contributed by atoms with van der Waals surface area (Å²) >= 11 is 0. The molecule has 5 heteroatoms. The maximum Gasteiger partial charge on any atom is 0.287 e. The van der Waals surface area contributed by atoms with Crippen molar-refractivity contribution in [2.45, 2.75) is 13.5 Å². The van der Waals surface area contributed by atoms with Gasteiger partial charge in [0.15, 0.2) is 5.76 Å². The van der Waals surface area contributed by atoms with Crippen LogP contribution in [-0.2, 0) is 6.54 Å². The zero-order valence-electron chi connectivity index (χ0n) is 14.6. The molecular formula is C21H18N2O3. The third-order valence-electron chi connectivity index (χ3n) is 4.31. The Morgan fingerprint density at radius 1 is 1.12 bits per heavy atom. The van der Waals surface area contributed by atoms with E-state index in [1.54, 1.807) is 13.2 Å². The number of benzene rings is 2. The van der Waals surface area contributed by atoms with E-state index < -0.39 is 0 Å². The molecule has 0 radical (unpaired) electrons. The number of nitrogens with one attached hydrogen (secondary N) is 1. The zero-order chi connectivity index (χ0) is 18.1. The third kappa shape index (κ3) is 2.99. The normalized spacial score (nSPS) is 11.0. The number of para-hydroxylation sites is 1. The molecule has 130 valence electrons. The summed E-state index contributed by atoms with van der Waals surface area (Å²) in [7, 11) is 1.61. The molecule has 0 spiro atoms. The maximum absolute atomic E-state index is 12.5. The van der Waals surface area contributed by atoms with Crippen LogP contribution >= 0.6 is 0 Å². The SMILES string of the molecule is COc1ccccc1CNC(=O)c1cc2cc3ccc(C)cc3nc2o1. The van der Waals surface area contributed by atoms with Gasteiger partial charge in [0, 0.05) is 22.9 Å². The first kappa shape index (κ1) is 16.1. The first-order chi connectivity index (χ1) is 12.6. The second kappa shape index (κ2) is 6.52. The molecule has 0 saturated carbocycles. The predicted octanol–water partition coefficient (Wildman–Crippen LogP) is 4.23. The van der Waals surface area contributed by atoms with Crippen LogP contribution in [0.3, 0.4) is 0 Å². The van der Waals surface area contributed by atoms with Gasteiger partial charge in [-0.1, -0.05) is 30.3 Å².